The number of aliphatic hydroxyl groups excluding tert-OH is 19. The smallest absolute Gasteiger partial charge is 0.394 e. The van der Waals surface area contributed by atoms with Crippen LogP contribution in [0, 0.1) is 11.8 Å². The van der Waals surface area contributed by atoms with Crippen molar-refractivity contribution >= 4 is 10.4 Å². The van der Waals surface area contributed by atoms with Gasteiger partial charge in [-0.05, 0) is 108 Å². The van der Waals surface area contributed by atoms with Gasteiger partial charge in [0.25, 0.3) is 0 Å². The molecule has 0 bridgehead atoms. The van der Waals surface area contributed by atoms with Crippen LogP contribution in [0.3, 0.4) is 0 Å². The molecule has 494 valence electrons. The van der Waals surface area contributed by atoms with E-state index in [0.29, 0.717) is 44.1 Å². The topological polar surface area (TPSA) is 466 Å². The van der Waals surface area contributed by atoms with Crippen LogP contribution in [0.25, 0.3) is 0 Å². The third kappa shape index (κ3) is 29.6. The normalized spacial score (nSPS) is 28.0. The third-order valence-corrected chi connectivity index (χ3v) is 16.0. The third-order valence-electron chi connectivity index (χ3n) is 15.4. The van der Waals surface area contributed by atoms with Crippen molar-refractivity contribution < 1.29 is 124 Å². The van der Waals surface area contributed by atoms with Gasteiger partial charge in [0.05, 0.1) is 80.4 Å². The number of allylic oxidation sites excluding steroid dienone is 9. The first kappa shape index (κ1) is 78.3. The SMILES string of the molecule is C=C(CC[C@@H](O)[C@H]1C[C@@H](O)[C@@H](O)[C@H]([C@@H](O)[C@H](O)/C=C(\C)CC[C@H](O)C[C@H](O)[C@H](O)[C@@H](C)C[C@H](O)[C@@H](O)C[C@H](C)CC/C=C/C[C@H](CO)OS(=O)(=O)O)O1)[C@@H](O)[C@@H](O)[C@H]1C[C@@H](O)[C@@H](O)[C@H]([C@@H](O)[C@H](O)/C=C/CC/C=C/C=C/C=C/CC[C@H](O)CO)O1. The maximum Gasteiger partial charge on any atom is 0.397 e. The fourth-order valence-electron chi connectivity index (χ4n) is 10.0. The van der Waals surface area contributed by atoms with Gasteiger partial charge in [0.2, 0.25) is 0 Å². The quantitative estimate of drug-likeness (QED) is 0.0145. The first-order valence-electron chi connectivity index (χ1n) is 29.3. The minimum absolute atomic E-state index is 0.0108. The van der Waals surface area contributed by atoms with Gasteiger partial charge in [-0.25, -0.2) is 4.18 Å². The van der Waals surface area contributed by atoms with Gasteiger partial charge in [-0.3, -0.25) is 4.55 Å². The van der Waals surface area contributed by atoms with E-state index < -0.39 is 157 Å². The van der Waals surface area contributed by atoms with Crippen LogP contribution in [0.1, 0.15) is 124 Å². The molecule has 0 saturated carbocycles. The summed E-state index contributed by atoms with van der Waals surface area (Å²) < 4.78 is 46.4. The van der Waals surface area contributed by atoms with E-state index in [1.165, 1.54) is 12.2 Å². The number of rotatable bonds is 42. The number of unbranched alkanes of at least 4 members (excludes halogenated alkanes) is 1. The summed E-state index contributed by atoms with van der Waals surface area (Å²) in [7, 11) is -4.72. The number of ether oxygens (including phenoxy) is 2. The molecule has 2 saturated heterocycles. The molecule has 85 heavy (non-hydrogen) atoms. The lowest BCUT2D eigenvalue weighted by molar-refractivity contribution is -0.234. The summed E-state index contributed by atoms with van der Waals surface area (Å²) in [5.74, 6) is -0.773. The fourth-order valence-corrected chi connectivity index (χ4v) is 10.5. The standard InChI is InChI=1S/C59H102O25S/c1-34(18-14-13-16-20-40(33-61)84-85(79,80)81)26-43(66)44(67)28-37(4)51(72)46(69)29-38(62)24-22-35(2)27-45(68)54(75)59-55(76)47(70)30-49(82-59)41(64)25-23-36(3)52(73)57(78)50-31-48(71)56(77)58(83-50)53(74)42(65)21-17-12-10-8-6-5-7-9-11-15-19-39(63)32-60/h5-9,11,13,16-17,21,27,34,37-78H,3,10,12,14-15,18-20,22-26,28-33H2,1-2,4H3,(H,79,80,81)/b7-5+,8-6+,11-9+,16-13+,21-17+,35-27+/t34-,37+,38+,39+,40-,41-,42-,43+,44+,45-,46+,47-,48-,49-,50-,51-,52-,53+,54+,55-,56-,57+,58+,59+/m1/s1. The van der Waals surface area contributed by atoms with Crippen molar-refractivity contribution in [2.45, 2.75) is 258 Å². The van der Waals surface area contributed by atoms with Crippen LogP contribution < -0.4 is 0 Å². The Morgan fingerprint density at radius 2 is 1.15 bits per heavy atom. The summed E-state index contributed by atoms with van der Waals surface area (Å²) in [6.45, 7) is 7.90. The monoisotopic (exact) mass is 1240 g/mol. The second-order valence-electron chi connectivity index (χ2n) is 23.0. The Kier molecular flexibility index (Phi) is 37.6. The lowest BCUT2D eigenvalue weighted by Gasteiger charge is -2.42. The molecule has 0 aromatic rings. The molecule has 0 spiro atoms. The Bertz CT molecular complexity index is 2140. The zero-order valence-corrected chi connectivity index (χ0v) is 49.9. The molecule has 20 N–H and O–H groups in total. The summed E-state index contributed by atoms with van der Waals surface area (Å²) in [5.41, 5.74) is 0.449. The summed E-state index contributed by atoms with van der Waals surface area (Å²) in [6, 6.07) is 0. The maximum absolute atomic E-state index is 11.2. The van der Waals surface area contributed by atoms with E-state index in [4.69, 9.17) is 19.1 Å². The summed E-state index contributed by atoms with van der Waals surface area (Å²) >= 11 is 0. The molecule has 24 atom stereocenters. The predicted molar refractivity (Wildman–Crippen MR) is 311 cm³/mol. The lowest BCUT2D eigenvalue weighted by Crippen LogP contribution is -2.59. The van der Waals surface area contributed by atoms with E-state index in [0.717, 1.165) is 0 Å². The number of aliphatic hydroxyl groups is 19. The van der Waals surface area contributed by atoms with Gasteiger partial charge in [-0.2, -0.15) is 8.42 Å². The zero-order chi connectivity index (χ0) is 64.1. The molecule has 2 aliphatic rings. The fraction of sp³-hybridized carbons (Fsp3) is 0.763. The van der Waals surface area contributed by atoms with E-state index in [2.05, 4.69) is 10.8 Å². The molecule has 25 nitrogen and oxygen atoms in total. The van der Waals surface area contributed by atoms with Crippen LogP contribution in [0.2, 0.25) is 0 Å². The van der Waals surface area contributed by atoms with Crippen molar-refractivity contribution in [2.75, 3.05) is 13.2 Å². The Balaban J connectivity index is 1.85. The minimum Gasteiger partial charge on any atom is -0.394 e. The van der Waals surface area contributed by atoms with Crippen LogP contribution in [-0.4, -0.2) is 257 Å². The van der Waals surface area contributed by atoms with Crippen LogP contribution in [-0.2, 0) is 24.1 Å². The average molecular weight is 1240 g/mol. The number of hydrogen-bond acceptors (Lipinski definition) is 24. The highest BCUT2D eigenvalue weighted by atomic mass is 32.3. The van der Waals surface area contributed by atoms with Crippen LogP contribution in [0.5, 0.6) is 0 Å². The zero-order valence-electron chi connectivity index (χ0n) is 49.0. The second-order valence-corrected chi connectivity index (χ2v) is 24.0. The summed E-state index contributed by atoms with van der Waals surface area (Å²) in [6.07, 6.45) is -11.5. The van der Waals surface area contributed by atoms with Gasteiger partial charge in [0.1, 0.15) is 67.1 Å². The molecule has 0 aromatic carbocycles. The molecule has 2 rings (SSSR count). The van der Waals surface area contributed by atoms with Gasteiger partial charge in [0, 0.05) is 19.3 Å². The van der Waals surface area contributed by atoms with Crippen LogP contribution >= 0.6 is 0 Å². The Morgan fingerprint density at radius 3 is 1.75 bits per heavy atom. The van der Waals surface area contributed by atoms with E-state index in [-0.39, 0.29) is 82.3 Å². The van der Waals surface area contributed by atoms with Crippen molar-refractivity contribution in [3.05, 3.63) is 84.6 Å². The van der Waals surface area contributed by atoms with Crippen molar-refractivity contribution in [1.82, 2.24) is 0 Å². The first-order chi connectivity index (χ1) is 39.9. The molecule has 2 aliphatic heterocycles. The highest BCUT2D eigenvalue weighted by molar-refractivity contribution is 7.80. The Hall–Kier alpha value is -2.79. The molecular formula is C59H102O25S. The van der Waals surface area contributed by atoms with Crippen molar-refractivity contribution in [1.29, 1.82) is 0 Å². The minimum atomic E-state index is -4.72. The predicted octanol–water partition coefficient (Wildman–Crippen LogP) is -1.37. The van der Waals surface area contributed by atoms with Gasteiger partial charge in [0.15, 0.2) is 0 Å². The van der Waals surface area contributed by atoms with Crippen molar-refractivity contribution in [3.8, 4) is 0 Å². The van der Waals surface area contributed by atoms with E-state index in [9.17, 15) is 100 Å². The van der Waals surface area contributed by atoms with Gasteiger partial charge in [-0.1, -0.05) is 92.8 Å². The van der Waals surface area contributed by atoms with Crippen LogP contribution in [0.4, 0.5) is 0 Å². The van der Waals surface area contributed by atoms with Gasteiger partial charge in [-0.15, -0.1) is 0 Å². The van der Waals surface area contributed by atoms with Gasteiger partial charge >= 0.3 is 10.4 Å². The van der Waals surface area contributed by atoms with Crippen LogP contribution in [0.15, 0.2) is 84.6 Å². The van der Waals surface area contributed by atoms with E-state index >= 15 is 0 Å². The molecule has 0 radical (unpaired) electrons. The first-order valence-corrected chi connectivity index (χ1v) is 30.7. The molecule has 2 fully saturated rings. The molecule has 2 heterocycles. The molecule has 0 unspecified atom stereocenters. The number of hydrogen-bond donors (Lipinski definition) is 20. The largest absolute Gasteiger partial charge is 0.397 e. The van der Waals surface area contributed by atoms with Crippen molar-refractivity contribution in [3.63, 3.8) is 0 Å². The van der Waals surface area contributed by atoms with E-state index in [1.54, 1.807) is 44.2 Å². The highest BCUT2D eigenvalue weighted by Gasteiger charge is 2.47. The highest BCUT2D eigenvalue weighted by Crippen LogP contribution is 2.32. The van der Waals surface area contributed by atoms with E-state index in [1.807, 2.05) is 31.2 Å². The summed E-state index contributed by atoms with van der Waals surface area (Å²) in [5, 5.41) is 201. The summed E-state index contributed by atoms with van der Waals surface area (Å²) in [4.78, 5) is 0. The molecule has 0 aromatic heterocycles. The second kappa shape index (κ2) is 40.8. The molecular weight excluding hydrogens is 1140 g/mol. The van der Waals surface area contributed by atoms with Gasteiger partial charge < -0.3 is 106 Å². The lowest BCUT2D eigenvalue weighted by atomic mass is 9.86. The maximum atomic E-state index is 11.2. The Labute approximate surface area is 499 Å². The Morgan fingerprint density at radius 1 is 0.600 bits per heavy atom. The average Bonchev–Trinajstić information content (AvgIpc) is 2.55. The molecule has 26 heteroatoms. The van der Waals surface area contributed by atoms with Crippen molar-refractivity contribution in [2.24, 2.45) is 11.8 Å². The molecule has 0 amide bonds. The molecule has 0 aliphatic carbocycles.